The van der Waals surface area contributed by atoms with Gasteiger partial charge in [0.05, 0.1) is 10.2 Å². The molecule has 0 aliphatic heterocycles. The Labute approximate surface area is 81.0 Å². The molecule has 0 saturated heterocycles. The molecule has 0 bridgehead atoms. The number of nitrogens with zero attached hydrogens (tertiary/aromatic N) is 1. The third kappa shape index (κ3) is 1.20. The first-order chi connectivity index (χ1) is 5.27. The average molecular weight is 277 g/mol. The van der Waals surface area contributed by atoms with Crippen LogP contribution in [-0.2, 0) is 0 Å². The molecule has 2 rings (SSSR count). The van der Waals surface area contributed by atoms with Crippen LogP contribution in [0.5, 0.6) is 5.75 Å². The van der Waals surface area contributed by atoms with Crippen LogP contribution in [-0.4, -0.2) is 10.1 Å². The van der Waals surface area contributed by atoms with Gasteiger partial charge in [0.15, 0.2) is 3.01 Å². The lowest BCUT2D eigenvalue weighted by Crippen LogP contribution is -1.67. The fourth-order valence-electron chi connectivity index (χ4n) is 0.907. The second-order valence-electron chi connectivity index (χ2n) is 2.09. The summed E-state index contributed by atoms with van der Waals surface area (Å²) in [7, 11) is 0. The highest BCUT2D eigenvalue weighted by atomic mass is 127. The normalized spacial score (nSPS) is 10.6. The molecule has 0 unspecified atom stereocenters. The predicted octanol–water partition coefficient (Wildman–Crippen LogP) is 2.61. The van der Waals surface area contributed by atoms with Crippen molar-refractivity contribution < 1.29 is 5.11 Å². The molecule has 1 aromatic heterocycles. The highest BCUT2D eigenvalue weighted by Crippen LogP contribution is 2.30. The lowest BCUT2D eigenvalue weighted by atomic mass is 10.3. The second kappa shape index (κ2) is 2.60. The number of aromatic hydroxyl groups is 1. The first-order valence-electron chi connectivity index (χ1n) is 3.01. The number of hydrogen-bond donors (Lipinski definition) is 1. The summed E-state index contributed by atoms with van der Waals surface area (Å²) < 4.78 is 1.83. The molecule has 0 aliphatic carbocycles. The smallest absolute Gasteiger partial charge is 0.155 e. The number of hydrogen-bond acceptors (Lipinski definition) is 3. The van der Waals surface area contributed by atoms with Gasteiger partial charge in [-0.15, -0.1) is 11.3 Å². The zero-order chi connectivity index (χ0) is 7.84. The monoisotopic (exact) mass is 277 g/mol. The maximum atomic E-state index is 9.35. The van der Waals surface area contributed by atoms with E-state index in [0.717, 1.165) is 13.2 Å². The van der Waals surface area contributed by atoms with E-state index in [1.54, 1.807) is 12.1 Å². The van der Waals surface area contributed by atoms with Crippen LogP contribution in [0, 0.1) is 3.01 Å². The SMILES string of the molecule is Oc1cccc2nc(I)sc12. The average Bonchev–Trinajstić information content (AvgIpc) is 2.31. The van der Waals surface area contributed by atoms with Crippen molar-refractivity contribution in [1.82, 2.24) is 4.98 Å². The summed E-state index contributed by atoms with van der Waals surface area (Å²) in [5.41, 5.74) is 0.874. The van der Waals surface area contributed by atoms with Gasteiger partial charge in [-0.05, 0) is 34.7 Å². The molecule has 1 aromatic carbocycles. The van der Waals surface area contributed by atoms with Crippen LogP contribution in [0.1, 0.15) is 0 Å². The minimum absolute atomic E-state index is 0.322. The van der Waals surface area contributed by atoms with Gasteiger partial charge in [0, 0.05) is 0 Å². The van der Waals surface area contributed by atoms with E-state index in [9.17, 15) is 5.11 Å². The fourth-order valence-corrected chi connectivity index (χ4v) is 2.53. The molecule has 2 nitrogen and oxygen atoms in total. The molecule has 4 heteroatoms. The van der Waals surface area contributed by atoms with Gasteiger partial charge in [0.1, 0.15) is 5.75 Å². The quantitative estimate of drug-likeness (QED) is 0.751. The molecule has 11 heavy (non-hydrogen) atoms. The summed E-state index contributed by atoms with van der Waals surface area (Å²) in [5.74, 6) is 0.322. The largest absolute Gasteiger partial charge is 0.506 e. The first-order valence-corrected chi connectivity index (χ1v) is 4.91. The van der Waals surface area contributed by atoms with Gasteiger partial charge in [-0.2, -0.15) is 0 Å². The van der Waals surface area contributed by atoms with E-state index in [1.165, 1.54) is 11.3 Å². The number of thiazole rings is 1. The van der Waals surface area contributed by atoms with Gasteiger partial charge in [0.2, 0.25) is 0 Å². The maximum Gasteiger partial charge on any atom is 0.155 e. The van der Waals surface area contributed by atoms with Crippen molar-refractivity contribution in [2.45, 2.75) is 0 Å². The standard InChI is InChI=1S/C7H4INOS/c8-7-9-4-2-1-3-5(10)6(4)11-7/h1-3,10H. The van der Waals surface area contributed by atoms with Gasteiger partial charge < -0.3 is 5.11 Å². The van der Waals surface area contributed by atoms with Gasteiger partial charge >= 0.3 is 0 Å². The summed E-state index contributed by atoms with van der Waals surface area (Å²) in [6.07, 6.45) is 0. The molecule has 56 valence electrons. The Morgan fingerprint density at radius 3 is 3.00 bits per heavy atom. The summed E-state index contributed by atoms with van der Waals surface area (Å²) in [4.78, 5) is 4.22. The molecule has 0 atom stereocenters. The van der Waals surface area contributed by atoms with E-state index in [2.05, 4.69) is 27.6 Å². The van der Waals surface area contributed by atoms with E-state index in [4.69, 9.17) is 0 Å². The molecule has 1 N–H and O–H groups in total. The Bertz CT molecular complexity index is 398. The van der Waals surface area contributed by atoms with E-state index in [-0.39, 0.29) is 0 Å². The number of benzene rings is 1. The fraction of sp³-hybridized carbons (Fsp3) is 0. The molecular formula is C7H4INOS. The number of phenols is 1. The molecule has 1 heterocycles. The Morgan fingerprint density at radius 1 is 1.45 bits per heavy atom. The Balaban J connectivity index is 2.90. The lowest BCUT2D eigenvalue weighted by molar-refractivity contribution is 0.482. The van der Waals surface area contributed by atoms with E-state index < -0.39 is 0 Å². The number of halogens is 1. The minimum Gasteiger partial charge on any atom is -0.506 e. The molecule has 0 spiro atoms. The van der Waals surface area contributed by atoms with Gasteiger partial charge in [0.25, 0.3) is 0 Å². The summed E-state index contributed by atoms with van der Waals surface area (Å²) in [5, 5.41) is 9.35. The summed E-state index contributed by atoms with van der Waals surface area (Å²) >= 11 is 3.65. The van der Waals surface area contributed by atoms with Crippen molar-refractivity contribution in [3.05, 3.63) is 21.2 Å². The van der Waals surface area contributed by atoms with Gasteiger partial charge in [-0.3, -0.25) is 0 Å². The van der Waals surface area contributed by atoms with Crippen LogP contribution < -0.4 is 0 Å². The van der Waals surface area contributed by atoms with E-state index in [1.807, 2.05) is 6.07 Å². The predicted molar refractivity (Wildman–Crippen MR) is 54.0 cm³/mol. The van der Waals surface area contributed by atoms with Gasteiger partial charge in [-0.1, -0.05) is 6.07 Å². The van der Waals surface area contributed by atoms with Gasteiger partial charge in [-0.25, -0.2) is 4.98 Å². The molecule has 0 radical (unpaired) electrons. The zero-order valence-corrected chi connectivity index (χ0v) is 8.39. The van der Waals surface area contributed by atoms with Crippen molar-refractivity contribution in [2.75, 3.05) is 0 Å². The van der Waals surface area contributed by atoms with Crippen LogP contribution in [0.4, 0.5) is 0 Å². The molecule has 2 aromatic rings. The Hall–Kier alpha value is -0.360. The topological polar surface area (TPSA) is 33.1 Å². The number of phenolic OH excluding ortho intramolecular Hbond substituents is 1. The van der Waals surface area contributed by atoms with Crippen LogP contribution in [0.3, 0.4) is 0 Å². The van der Waals surface area contributed by atoms with Crippen LogP contribution >= 0.6 is 33.9 Å². The molecule has 0 amide bonds. The third-order valence-corrected chi connectivity index (χ3v) is 3.15. The van der Waals surface area contributed by atoms with Crippen molar-refractivity contribution in [3.8, 4) is 5.75 Å². The van der Waals surface area contributed by atoms with Crippen molar-refractivity contribution in [3.63, 3.8) is 0 Å². The Kier molecular flexibility index (Phi) is 1.72. The van der Waals surface area contributed by atoms with Crippen LogP contribution in [0.25, 0.3) is 10.2 Å². The molecule has 0 saturated carbocycles. The minimum atomic E-state index is 0.322. The Morgan fingerprint density at radius 2 is 2.27 bits per heavy atom. The highest BCUT2D eigenvalue weighted by Gasteiger charge is 2.03. The lowest BCUT2D eigenvalue weighted by Gasteiger charge is -1.89. The van der Waals surface area contributed by atoms with Crippen LogP contribution in [0.2, 0.25) is 0 Å². The first kappa shape index (κ1) is 7.30. The van der Waals surface area contributed by atoms with Crippen LogP contribution in [0.15, 0.2) is 18.2 Å². The number of rotatable bonds is 0. The van der Waals surface area contributed by atoms with E-state index in [0.29, 0.717) is 5.75 Å². The summed E-state index contributed by atoms with van der Waals surface area (Å²) in [6, 6.07) is 5.37. The zero-order valence-electron chi connectivity index (χ0n) is 5.41. The second-order valence-corrected chi connectivity index (χ2v) is 4.85. The number of fused-ring (bicyclic) bond motifs is 1. The van der Waals surface area contributed by atoms with Crippen molar-refractivity contribution in [2.24, 2.45) is 0 Å². The molecule has 0 fully saturated rings. The van der Waals surface area contributed by atoms with Crippen molar-refractivity contribution >= 4 is 44.1 Å². The number of aromatic nitrogens is 1. The van der Waals surface area contributed by atoms with E-state index >= 15 is 0 Å². The van der Waals surface area contributed by atoms with Crippen molar-refractivity contribution in [1.29, 1.82) is 0 Å². The highest BCUT2D eigenvalue weighted by molar-refractivity contribution is 14.1. The third-order valence-electron chi connectivity index (χ3n) is 1.37. The summed E-state index contributed by atoms with van der Waals surface area (Å²) in [6.45, 7) is 0. The molecule has 0 aliphatic rings. The maximum absolute atomic E-state index is 9.35. The molecular weight excluding hydrogens is 273 g/mol.